The number of rotatable bonds is 2. The first-order chi connectivity index (χ1) is 11.7. The Morgan fingerprint density at radius 2 is 1.42 bits per heavy atom. The number of nitrogens with one attached hydrogen (secondary N) is 1. The Morgan fingerprint density at radius 3 is 2.04 bits per heavy atom. The molecule has 0 spiro atoms. The second-order valence-corrected chi connectivity index (χ2v) is 5.05. The van der Waals surface area contributed by atoms with E-state index in [1.165, 1.54) is 16.7 Å². The highest BCUT2D eigenvalue weighted by Gasteiger charge is 2.10. The summed E-state index contributed by atoms with van der Waals surface area (Å²) in [4.78, 5) is 8.81. The van der Waals surface area contributed by atoms with E-state index in [2.05, 4.69) is 42.1 Å². The van der Waals surface area contributed by atoms with Gasteiger partial charge < -0.3 is 5.32 Å². The molecule has 3 heteroatoms. The largest absolute Gasteiger partial charge is 0.340 e. The molecular weight excluding hydrogens is 294 g/mol. The Bertz CT molecular complexity index is 765. The molecule has 0 aliphatic rings. The first-order valence-electron chi connectivity index (χ1n) is 8.70. The third-order valence-corrected chi connectivity index (χ3v) is 3.80. The van der Waals surface area contributed by atoms with Crippen LogP contribution in [0, 0.1) is 20.8 Å². The van der Waals surface area contributed by atoms with E-state index >= 15 is 0 Å². The molecular formula is C21H29N3. The van der Waals surface area contributed by atoms with E-state index in [0.717, 1.165) is 22.4 Å². The van der Waals surface area contributed by atoms with Crippen molar-refractivity contribution < 1.29 is 0 Å². The summed E-state index contributed by atoms with van der Waals surface area (Å²) < 4.78 is 0. The smallest absolute Gasteiger partial charge is 0.141 e. The number of para-hydroxylation sites is 1. The minimum Gasteiger partial charge on any atom is -0.340 e. The van der Waals surface area contributed by atoms with Gasteiger partial charge in [0.15, 0.2) is 0 Å². The van der Waals surface area contributed by atoms with Crippen molar-refractivity contribution >= 4 is 22.4 Å². The van der Waals surface area contributed by atoms with Crippen LogP contribution in [-0.4, -0.2) is 9.97 Å². The van der Waals surface area contributed by atoms with Crippen LogP contribution in [0.25, 0.3) is 10.9 Å². The van der Waals surface area contributed by atoms with Crippen LogP contribution < -0.4 is 5.32 Å². The third kappa shape index (κ3) is 4.31. The molecule has 1 aromatic heterocycles. The molecule has 1 N–H and O–H groups in total. The zero-order valence-electron chi connectivity index (χ0n) is 15.9. The van der Waals surface area contributed by atoms with Crippen molar-refractivity contribution in [2.24, 2.45) is 0 Å². The molecule has 0 atom stereocenters. The van der Waals surface area contributed by atoms with Crippen molar-refractivity contribution in [1.82, 2.24) is 9.97 Å². The van der Waals surface area contributed by atoms with Gasteiger partial charge in [-0.15, -0.1) is 0 Å². The zero-order valence-corrected chi connectivity index (χ0v) is 15.9. The average Bonchev–Trinajstić information content (AvgIpc) is 2.64. The number of hydrogen-bond acceptors (Lipinski definition) is 3. The van der Waals surface area contributed by atoms with Gasteiger partial charge in [0.1, 0.15) is 12.1 Å². The normalized spacial score (nSPS) is 9.46. The Balaban J connectivity index is 0.000000671. The van der Waals surface area contributed by atoms with E-state index in [1.807, 2.05) is 58.0 Å². The molecule has 128 valence electrons. The van der Waals surface area contributed by atoms with Crippen LogP contribution in [-0.2, 0) is 0 Å². The second-order valence-electron chi connectivity index (χ2n) is 5.05. The Labute approximate surface area is 146 Å². The van der Waals surface area contributed by atoms with Crippen molar-refractivity contribution in [3.63, 3.8) is 0 Å². The van der Waals surface area contributed by atoms with E-state index in [1.54, 1.807) is 6.33 Å². The maximum Gasteiger partial charge on any atom is 0.141 e. The monoisotopic (exact) mass is 323 g/mol. The number of fused-ring (bicyclic) bond motifs is 1. The molecule has 0 unspecified atom stereocenters. The molecule has 0 saturated carbocycles. The van der Waals surface area contributed by atoms with Gasteiger partial charge in [0.05, 0.1) is 5.52 Å². The molecule has 2 aromatic carbocycles. The fourth-order valence-electron chi connectivity index (χ4n) is 2.43. The summed E-state index contributed by atoms with van der Waals surface area (Å²) in [7, 11) is 0. The fourth-order valence-corrected chi connectivity index (χ4v) is 2.43. The highest BCUT2D eigenvalue weighted by Crippen LogP contribution is 2.29. The highest BCUT2D eigenvalue weighted by molar-refractivity contribution is 5.94. The van der Waals surface area contributed by atoms with Crippen LogP contribution in [0.4, 0.5) is 11.5 Å². The second kappa shape index (κ2) is 9.66. The van der Waals surface area contributed by atoms with Crippen LogP contribution in [0.1, 0.15) is 44.4 Å². The van der Waals surface area contributed by atoms with Crippen molar-refractivity contribution in [2.75, 3.05) is 5.32 Å². The summed E-state index contributed by atoms with van der Waals surface area (Å²) >= 11 is 0. The predicted molar refractivity (Wildman–Crippen MR) is 106 cm³/mol. The minimum atomic E-state index is 0.863. The van der Waals surface area contributed by atoms with E-state index in [9.17, 15) is 0 Å². The Kier molecular flexibility index (Phi) is 7.90. The summed E-state index contributed by atoms with van der Waals surface area (Å²) in [6, 6.07) is 12.2. The van der Waals surface area contributed by atoms with Gasteiger partial charge in [-0.3, -0.25) is 0 Å². The first-order valence-corrected chi connectivity index (χ1v) is 8.70. The highest BCUT2D eigenvalue weighted by atomic mass is 15.0. The lowest BCUT2D eigenvalue weighted by Crippen LogP contribution is -1.99. The van der Waals surface area contributed by atoms with E-state index < -0.39 is 0 Å². The molecule has 0 radical (unpaired) electrons. The summed E-state index contributed by atoms with van der Waals surface area (Å²) in [6.07, 6.45) is 1.61. The summed E-state index contributed by atoms with van der Waals surface area (Å²) in [5.41, 5.74) is 5.81. The van der Waals surface area contributed by atoms with Gasteiger partial charge in [-0.1, -0.05) is 45.9 Å². The lowest BCUT2D eigenvalue weighted by Gasteiger charge is -2.13. The molecule has 3 aromatic rings. The maximum absolute atomic E-state index is 4.41. The van der Waals surface area contributed by atoms with Gasteiger partial charge in [0.2, 0.25) is 0 Å². The van der Waals surface area contributed by atoms with Gasteiger partial charge in [0, 0.05) is 11.1 Å². The predicted octanol–water partition coefficient (Wildman–Crippen LogP) is 6.35. The SMILES string of the molecule is CC.CC.Cc1cc2ncnc(Nc3ccccc3)c2c(C)c1C. The summed E-state index contributed by atoms with van der Waals surface area (Å²) in [5, 5.41) is 4.48. The van der Waals surface area contributed by atoms with Gasteiger partial charge in [0.25, 0.3) is 0 Å². The number of aromatic nitrogens is 2. The van der Waals surface area contributed by atoms with Crippen molar-refractivity contribution in [2.45, 2.75) is 48.5 Å². The van der Waals surface area contributed by atoms with Gasteiger partial charge in [-0.2, -0.15) is 0 Å². The molecule has 0 amide bonds. The molecule has 0 saturated heterocycles. The fraction of sp³-hybridized carbons (Fsp3) is 0.333. The topological polar surface area (TPSA) is 37.8 Å². The van der Waals surface area contributed by atoms with Gasteiger partial charge in [-0.25, -0.2) is 9.97 Å². The van der Waals surface area contributed by atoms with Crippen molar-refractivity contribution in [3.05, 3.63) is 59.4 Å². The summed E-state index contributed by atoms with van der Waals surface area (Å²) in [5.74, 6) is 0.863. The Morgan fingerprint density at radius 1 is 0.792 bits per heavy atom. The van der Waals surface area contributed by atoms with Gasteiger partial charge in [-0.05, 0) is 55.7 Å². The number of anilines is 2. The molecule has 24 heavy (non-hydrogen) atoms. The quantitative estimate of drug-likeness (QED) is 0.597. The molecule has 0 bridgehead atoms. The molecule has 0 aliphatic heterocycles. The van der Waals surface area contributed by atoms with Gasteiger partial charge >= 0.3 is 0 Å². The van der Waals surface area contributed by atoms with E-state index in [-0.39, 0.29) is 0 Å². The standard InChI is InChI=1S/C17H17N3.2C2H6/c1-11-9-15-16(13(3)12(11)2)17(19-10-18-15)20-14-7-5-4-6-8-14;2*1-2/h4-10H,1-3H3,(H,18,19,20);2*1-2H3. The van der Waals surface area contributed by atoms with Crippen LogP contribution in [0.3, 0.4) is 0 Å². The van der Waals surface area contributed by atoms with Crippen molar-refractivity contribution in [3.8, 4) is 0 Å². The van der Waals surface area contributed by atoms with E-state index in [0.29, 0.717) is 0 Å². The number of benzene rings is 2. The first kappa shape index (κ1) is 19.6. The van der Waals surface area contributed by atoms with Crippen molar-refractivity contribution in [1.29, 1.82) is 0 Å². The van der Waals surface area contributed by atoms with Crippen LogP contribution in [0.2, 0.25) is 0 Å². The third-order valence-electron chi connectivity index (χ3n) is 3.80. The molecule has 3 rings (SSSR count). The van der Waals surface area contributed by atoms with Crippen LogP contribution in [0.15, 0.2) is 42.7 Å². The number of aryl methyl sites for hydroxylation is 2. The average molecular weight is 323 g/mol. The zero-order chi connectivity index (χ0) is 18.1. The maximum atomic E-state index is 4.41. The molecule has 1 heterocycles. The lowest BCUT2D eigenvalue weighted by molar-refractivity contribution is 1.19. The molecule has 0 aliphatic carbocycles. The Hall–Kier alpha value is -2.42. The number of nitrogens with zero attached hydrogens (tertiary/aromatic N) is 2. The number of hydrogen-bond donors (Lipinski definition) is 1. The van der Waals surface area contributed by atoms with E-state index in [4.69, 9.17) is 0 Å². The lowest BCUT2D eigenvalue weighted by atomic mass is 9.99. The molecule has 0 fully saturated rings. The summed E-state index contributed by atoms with van der Waals surface area (Å²) in [6.45, 7) is 14.4. The minimum absolute atomic E-state index is 0.863. The molecule has 3 nitrogen and oxygen atoms in total. The van der Waals surface area contributed by atoms with Crippen LogP contribution >= 0.6 is 0 Å². The van der Waals surface area contributed by atoms with Crippen LogP contribution in [0.5, 0.6) is 0 Å².